The first-order valence-electron chi connectivity index (χ1n) is 6.80. The van der Waals surface area contributed by atoms with E-state index in [4.69, 9.17) is 5.11 Å². The predicted octanol–water partition coefficient (Wildman–Crippen LogP) is 2.42. The van der Waals surface area contributed by atoms with Crippen molar-refractivity contribution in [1.82, 2.24) is 10.6 Å². The number of carbonyl (C=O) groups excluding carboxylic acids is 1. The van der Waals surface area contributed by atoms with Crippen molar-refractivity contribution in [3.63, 3.8) is 0 Å². The molecule has 0 fully saturated rings. The van der Waals surface area contributed by atoms with Gasteiger partial charge in [-0.2, -0.15) is 0 Å². The summed E-state index contributed by atoms with van der Waals surface area (Å²) >= 11 is 0. The fourth-order valence-electron chi connectivity index (χ4n) is 1.74. The molecule has 0 heterocycles. The van der Waals surface area contributed by atoms with Crippen LogP contribution in [-0.2, 0) is 6.54 Å². The Morgan fingerprint density at radius 1 is 1.35 bits per heavy atom. The summed E-state index contributed by atoms with van der Waals surface area (Å²) in [7, 11) is 0. The third-order valence-corrected chi connectivity index (χ3v) is 3.09. The lowest BCUT2D eigenvalue weighted by molar-refractivity contribution is 0.148. The van der Waals surface area contributed by atoms with Crippen LogP contribution in [-0.4, -0.2) is 24.3 Å². The highest BCUT2D eigenvalue weighted by Crippen LogP contribution is 2.20. The van der Waals surface area contributed by atoms with Gasteiger partial charge in [0.2, 0.25) is 0 Å². The van der Waals surface area contributed by atoms with Gasteiger partial charge in [-0.1, -0.05) is 26.0 Å². The Hall–Kier alpha value is -1.62. The number of hydrogen-bond acceptors (Lipinski definition) is 2. The molecule has 2 amide bonds. The summed E-state index contributed by atoms with van der Waals surface area (Å²) in [6.45, 7) is 4.96. The fraction of sp³-hybridized carbons (Fsp3) is 0.533. The molecule has 0 radical (unpaired) electrons. The van der Waals surface area contributed by atoms with Gasteiger partial charge in [-0.05, 0) is 36.0 Å². The Labute approximate surface area is 119 Å². The van der Waals surface area contributed by atoms with E-state index in [9.17, 15) is 9.18 Å². The summed E-state index contributed by atoms with van der Waals surface area (Å²) in [5.74, 6) is -0.309. The van der Waals surface area contributed by atoms with Crippen LogP contribution >= 0.6 is 0 Å². The van der Waals surface area contributed by atoms with E-state index in [1.807, 2.05) is 13.8 Å². The van der Waals surface area contributed by atoms with Crippen LogP contribution in [0.5, 0.6) is 0 Å². The number of carbonyl (C=O) groups is 1. The molecule has 0 saturated heterocycles. The van der Waals surface area contributed by atoms with Crippen LogP contribution in [0.3, 0.4) is 0 Å². The third kappa shape index (κ3) is 6.52. The van der Waals surface area contributed by atoms with Gasteiger partial charge in [-0.3, -0.25) is 0 Å². The first-order valence-corrected chi connectivity index (χ1v) is 6.80. The van der Waals surface area contributed by atoms with Crippen molar-refractivity contribution >= 4 is 6.03 Å². The zero-order valence-corrected chi connectivity index (χ0v) is 12.1. The Morgan fingerprint density at radius 3 is 2.75 bits per heavy atom. The minimum Gasteiger partial charge on any atom is -0.396 e. The molecule has 0 aliphatic carbocycles. The monoisotopic (exact) mass is 282 g/mol. The molecule has 0 bridgehead atoms. The zero-order valence-electron chi connectivity index (χ0n) is 12.1. The minimum atomic E-state index is -0.309. The molecule has 3 N–H and O–H groups in total. The second-order valence-corrected chi connectivity index (χ2v) is 5.67. The SMILES string of the molecule is CC(C)(CO)CCCNC(=O)NCc1cccc(F)c1. The van der Waals surface area contributed by atoms with Crippen molar-refractivity contribution in [2.45, 2.75) is 33.2 Å². The van der Waals surface area contributed by atoms with Crippen LogP contribution in [0.15, 0.2) is 24.3 Å². The quantitative estimate of drug-likeness (QED) is 0.673. The fourth-order valence-corrected chi connectivity index (χ4v) is 1.74. The second-order valence-electron chi connectivity index (χ2n) is 5.67. The Balaban J connectivity index is 2.18. The number of aliphatic hydroxyl groups excluding tert-OH is 1. The first kappa shape index (κ1) is 16.4. The topological polar surface area (TPSA) is 61.4 Å². The van der Waals surface area contributed by atoms with Crippen molar-refractivity contribution in [2.75, 3.05) is 13.2 Å². The van der Waals surface area contributed by atoms with Crippen LogP contribution in [0.2, 0.25) is 0 Å². The Morgan fingerprint density at radius 2 is 2.10 bits per heavy atom. The number of urea groups is 1. The number of rotatable bonds is 7. The Kier molecular flexibility index (Phi) is 6.45. The highest BCUT2D eigenvalue weighted by Gasteiger charge is 2.15. The van der Waals surface area contributed by atoms with Gasteiger partial charge in [0.1, 0.15) is 5.82 Å². The number of benzene rings is 1. The lowest BCUT2D eigenvalue weighted by atomic mass is 9.89. The van der Waals surface area contributed by atoms with Crippen molar-refractivity contribution in [2.24, 2.45) is 5.41 Å². The van der Waals surface area contributed by atoms with E-state index in [2.05, 4.69) is 10.6 Å². The van der Waals surface area contributed by atoms with Gasteiger partial charge in [0.25, 0.3) is 0 Å². The van der Waals surface area contributed by atoms with Gasteiger partial charge < -0.3 is 15.7 Å². The molecule has 112 valence electrons. The van der Waals surface area contributed by atoms with E-state index in [1.54, 1.807) is 12.1 Å². The lowest BCUT2D eigenvalue weighted by Crippen LogP contribution is -2.36. The van der Waals surface area contributed by atoms with Crippen LogP contribution in [0.1, 0.15) is 32.3 Å². The summed E-state index contributed by atoms with van der Waals surface area (Å²) in [6.07, 6.45) is 1.65. The van der Waals surface area contributed by atoms with E-state index in [1.165, 1.54) is 12.1 Å². The molecule has 1 aromatic carbocycles. The summed E-state index contributed by atoms with van der Waals surface area (Å²) < 4.78 is 12.9. The third-order valence-electron chi connectivity index (χ3n) is 3.09. The van der Waals surface area contributed by atoms with Crippen molar-refractivity contribution in [1.29, 1.82) is 0 Å². The van der Waals surface area contributed by atoms with E-state index >= 15 is 0 Å². The predicted molar refractivity (Wildman–Crippen MR) is 76.7 cm³/mol. The average Bonchev–Trinajstić information content (AvgIpc) is 2.41. The maximum Gasteiger partial charge on any atom is 0.315 e. The molecule has 4 nitrogen and oxygen atoms in total. The van der Waals surface area contributed by atoms with Crippen molar-refractivity contribution < 1.29 is 14.3 Å². The Bertz CT molecular complexity index is 436. The van der Waals surface area contributed by atoms with E-state index in [0.717, 1.165) is 18.4 Å². The number of nitrogens with one attached hydrogen (secondary N) is 2. The van der Waals surface area contributed by atoms with Gasteiger partial charge >= 0.3 is 6.03 Å². The average molecular weight is 282 g/mol. The van der Waals surface area contributed by atoms with Gasteiger partial charge in [0, 0.05) is 19.7 Å². The molecule has 0 spiro atoms. The number of halogens is 1. The van der Waals surface area contributed by atoms with Crippen LogP contribution in [0, 0.1) is 11.2 Å². The number of aliphatic hydroxyl groups is 1. The molecule has 0 aliphatic rings. The molecule has 20 heavy (non-hydrogen) atoms. The normalized spacial score (nSPS) is 11.2. The lowest BCUT2D eigenvalue weighted by Gasteiger charge is -2.21. The standard InChI is InChI=1S/C15H23FN2O2/c1-15(2,11-19)7-4-8-17-14(20)18-10-12-5-3-6-13(16)9-12/h3,5-6,9,19H,4,7-8,10-11H2,1-2H3,(H2,17,18,20). The van der Waals surface area contributed by atoms with E-state index in [-0.39, 0.29) is 23.9 Å². The van der Waals surface area contributed by atoms with Gasteiger partial charge in [-0.25, -0.2) is 9.18 Å². The molecule has 0 aliphatic heterocycles. The highest BCUT2D eigenvalue weighted by atomic mass is 19.1. The molecule has 0 atom stereocenters. The number of hydrogen-bond donors (Lipinski definition) is 3. The summed E-state index contributed by atoms with van der Waals surface area (Å²) in [5, 5.41) is 14.5. The summed E-state index contributed by atoms with van der Waals surface area (Å²) in [4.78, 5) is 11.5. The summed E-state index contributed by atoms with van der Waals surface area (Å²) in [6, 6.07) is 5.86. The van der Waals surface area contributed by atoms with Crippen LogP contribution < -0.4 is 10.6 Å². The minimum absolute atomic E-state index is 0.111. The van der Waals surface area contributed by atoms with Crippen molar-refractivity contribution in [3.05, 3.63) is 35.6 Å². The molecular weight excluding hydrogens is 259 g/mol. The summed E-state index contributed by atoms with van der Waals surface area (Å²) in [5.41, 5.74) is 0.612. The highest BCUT2D eigenvalue weighted by molar-refractivity contribution is 5.73. The first-order chi connectivity index (χ1) is 9.43. The van der Waals surface area contributed by atoms with Crippen LogP contribution in [0.4, 0.5) is 9.18 Å². The van der Waals surface area contributed by atoms with E-state index < -0.39 is 0 Å². The van der Waals surface area contributed by atoms with Crippen molar-refractivity contribution in [3.8, 4) is 0 Å². The second kappa shape index (κ2) is 7.85. The number of amides is 2. The molecule has 1 rings (SSSR count). The maximum atomic E-state index is 12.9. The zero-order chi connectivity index (χ0) is 15.0. The maximum absolute atomic E-state index is 12.9. The molecular formula is C15H23FN2O2. The molecule has 0 unspecified atom stereocenters. The van der Waals surface area contributed by atoms with Gasteiger partial charge in [-0.15, -0.1) is 0 Å². The molecule has 5 heteroatoms. The molecule has 0 aromatic heterocycles. The van der Waals surface area contributed by atoms with Crippen LogP contribution in [0.25, 0.3) is 0 Å². The van der Waals surface area contributed by atoms with E-state index in [0.29, 0.717) is 13.1 Å². The van der Waals surface area contributed by atoms with Gasteiger partial charge in [0.05, 0.1) is 0 Å². The van der Waals surface area contributed by atoms with Gasteiger partial charge in [0.15, 0.2) is 0 Å². The molecule has 1 aromatic rings. The molecule has 0 saturated carbocycles. The largest absolute Gasteiger partial charge is 0.396 e. The smallest absolute Gasteiger partial charge is 0.315 e.